The summed E-state index contributed by atoms with van der Waals surface area (Å²) in [5, 5.41) is 0. The van der Waals surface area contributed by atoms with Crippen molar-refractivity contribution in [3.05, 3.63) is 0 Å². The molecule has 0 spiro atoms. The topological polar surface area (TPSA) is 40.6 Å². The van der Waals surface area contributed by atoms with Crippen molar-refractivity contribution in [1.29, 1.82) is 0 Å². The number of hydrogen-bond donors (Lipinski definition) is 0. The lowest BCUT2D eigenvalue weighted by atomic mass is 10.0. The number of hydrogen-bond acceptors (Lipinski definition) is 4. The second kappa shape index (κ2) is 5.70. The van der Waals surface area contributed by atoms with Crippen LogP contribution in [0.3, 0.4) is 0 Å². The minimum Gasteiger partial charge on any atom is -0.298 e. The van der Waals surface area contributed by atoms with Crippen LogP contribution in [0, 0.1) is 0 Å². The number of likely N-dealkylation sites (tertiary alicyclic amines) is 2. The van der Waals surface area contributed by atoms with Crippen LogP contribution in [-0.2, 0) is 9.84 Å². The van der Waals surface area contributed by atoms with E-state index in [-0.39, 0.29) is 12.1 Å². The van der Waals surface area contributed by atoms with Crippen LogP contribution in [0.25, 0.3) is 0 Å². The molecular formula is C14H26N2O2S. The number of sulfone groups is 1. The summed E-state index contributed by atoms with van der Waals surface area (Å²) in [7, 11) is -2.83. The van der Waals surface area contributed by atoms with Crippen LogP contribution < -0.4 is 0 Å². The second-order valence-corrected chi connectivity index (χ2v) is 8.56. The van der Waals surface area contributed by atoms with Crippen LogP contribution in [0.1, 0.15) is 38.5 Å². The van der Waals surface area contributed by atoms with Crippen molar-refractivity contribution in [3.63, 3.8) is 0 Å². The quantitative estimate of drug-likeness (QED) is 0.763. The van der Waals surface area contributed by atoms with Gasteiger partial charge in [-0.05, 0) is 51.9 Å². The zero-order chi connectivity index (χ0) is 13.3. The van der Waals surface area contributed by atoms with Crippen molar-refractivity contribution in [3.8, 4) is 0 Å². The van der Waals surface area contributed by atoms with E-state index >= 15 is 0 Å². The summed E-state index contributed by atoms with van der Waals surface area (Å²) in [5.41, 5.74) is 0. The van der Waals surface area contributed by atoms with Crippen LogP contribution in [0.4, 0.5) is 0 Å². The van der Waals surface area contributed by atoms with Crippen LogP contribution >= 0.6 is 0 Å². The van der Waals surface area contributed by atoms with E-state index < -0.39 is 9.84 Å². The lowest BCUT2D eigenvalue weighted by molar-refractivity contribution is 0.0808. The van der Waals surface area contributed by atoms with E-state index in [1.54, 1.807) is 0 Å². The maximum absolute atomic E-state index is 12.1. The average Bonchev–Trinajstić information content (AvgIpc) is 2.77. The largest absolute Gasteiger partial charge is 0.298 e. The van der Waals surface area contributed by atoms with Gasteiger partial charge in [-0.15, -0.1) is 0 Å². The third kappa shape index (κ3) is 3.14. The first-order valence-electron chi connectivity index (χ1n) is 7.84. The van der Waals surface area contributed by atoms with Gasteiger partial charge in [0.25, 0.3) is 0 Å². The van der Waals surface area contributed by atoms with Crippen molar-refractivity contribution in [1.82, 2.24) is 9.80 Å². The predicted molar refractivity (Wildman–Crippen MR) is 77.1 cm³/mol. The normalized spacial score (nSPS) is 37.5. The van der Waals surface area contributed by atoms with Gasteiger partial charge in [0.15, 0.2) is 9.84 Å². The first-order valence-corrected chi connectivity index (χ1v) is 9.66. The molecular weight excluding hydrogens is 260 g/mol. The van der Waals surface area contributed by atoms with Gasteiger partial charge < -0.3 is 0 Å². The van der Waals surface area contributed by atoms with Crippen LogP contribution in [0.2, 0.25) is 0 Å². The van der Waals surface area contributed by atoms with E-state index in [2.05, 4.69) is 9.80 Å². The van der Waals surface area contributed by atoms with Gasteiger partial charge in [-0.3, -0.25) is 9.80 Å². The number of nitrogens with zero attached hydrogens (tertiary/aromatic N) is 2. The molecule has 0 radical (unpaired) electrons. The van der Waals surface area contributed by atoms with Crippen LogP contribution in [0.15, 0.2) is 0 Å². The van der Waals surface area contributed by atoms with Crippen LogP contribution in [-0.4, -0.2) is 68.0 Å². The molecule has 3 aliphatic rings. The minimum atomic E-state index is -2.83. The highest BCUT2D eigenvalue weighted by molar-refractivity contribution is 7.91. The molecule has 3 fully saturated rings. The molecule has 0 aliphatic carbocycles. The van der Waals surface area contributed by atoms with Gasteiger partial charge in [-0.25, -0.2) is 8.42 Å². The summed E-state index contributed by atoms with van der Waals surface area (Å²) < 4.78 is 24.2. The summed E-state index contributed by atoms with van der Waals surface area (Å²) in [6.45, 7) is 4.41. The fourth-order valence-corrected chi connectivity index (χ4v) is 6.05. The standard InChI is InChI=1S/C14H26N2O2S/c17-19(18)11-13(15-7-3-1-4-8-15)14(12-19)16-9-5-2-6-10-16/h13-14H,1-12H2/t13-,14-/m1/s1. The third-order valence-electron chi connectivity index (χ3n) is 5.01. The zero-order valence-electron chi connectivity index (χ0n) is 11.8. The van der Waals surface area contributed by atoms with Gasteiger partial charge in [0, 0.05) is 12.1 Å². The Hall–Kier alpha value is -0.130. The lowest BCUT2D eigenvalue weighted by Gasteiger charge is -2.40. The summed E-state index contributed by atoms with van der Waals surface area (Å²) in [6, 6.07) is 0.534. The Morgan fingerprint density at radius 2 is 1.00 bits per heavy atom. The van der Waals surface area contributed by atoms with Gasteiger partial charge in [0.05, 0.1) is 11.5 Å². The van der Waals surface area contributed by atoms with E-state index in [0.29, 0.717) is 11.5 Å². The highest BCUT2D eigenvalue weighted by Crippen LogP contribution is 2.27. The molecule has 0 saturated carbocycles. The van der Waals surface area contributed by atoms with Gasteiger partial charge in [-0.2, -0.15) is 0 Å². The molecule has 2 atom stereocenters. The van der Waals surface area contributed by atoms with E-state index in [1.807, 2.05) is 0 Å². The van der Waals surface area contributed by atoms with E-state index in [0.717, 1.165) is 26.2 Å². The van der Waals surface area contributed by atoms with Crippen molar-refractivity contribution in [2.45, 2.75) is 50.6 Å². The average molecular weight is 286 g/mol. The zero-order valence-corrected chi connectivity index (χ0v) is 12.6. The molecule has 3 saturated heterocycles. The molecule has 0 bridgehead atoms. The molecule has 0 aromatic carbocycles. The third-order valence-corrected chi connectivity index (χ3v) is 6.71. The fourth-order valence-electron chi connectivity index (χ4n) is 4.01. The molecule has 0 amide bonds. The fraction of sp³-hybridized carbons (Fsp3) is 1.00. The Balaban J connectivity index is 1.74. The smallest absolute Gasteiger partial charge is 0.153 e. The molecule has 3 aliphatic heterocycles. The second-order valence-electron chi connectivity index (χ2n) is 6.40. The Morgan fingerprint density at radius 1 is 0.632 bits per heavy atom. The first-order chi connectivity index (χ1) is 9.16. The number of rotatable bonds is 2. The van der Waals surface area contributed by atoms with E-state index in [4.69, 9.17) is 0 Å². The molecule has 0 N–H and O–H groups in total. The Bertz CT molecular complexity index is 366. The summed E-state index contributed by atoms with van der Waals surface area (Å²) >= 11 is 0. The first kappa shape index (κ1) is 13.8. The van der Waals surface area contributed by atoms with Crippen molar-refractivity contribution in [2.75, 3.05) is 37.7 Å². The van der Waals surface area contributed by atoms with Gasteiger partial charge in [0.1, 0.15) is 0 Å². The predicted octanol–water partition coefficient (Wildman–Crippen LogP) is 1.12. The van der Waals surface area contributed by atoms with Gasteiger partial charge >= 0.3 is 0 Å². The summed E-state index contributed by atoms with van der Waals surface area (Å²) in [4.78, 5) is 4.93. The van der Waals surface area contributed by atoms with Crippen molar-refractivity contribution < 1.29 is 8.42 Å². The van der Waals surface area contributed by atoms with E-state index in [9.17, 15) is 8.42 Å². The molecule has 3 heterocycles. The summed E-state index contributed by atoms with van der Waals surface area (Å²) in [5.74, 6) is 0.794. The molecule has 5 heteroatoms. The SMILES string of the molecule is O=S1(=O)C[C@@H](N2CCCCC2)[C@H](N2CCCCC2)C1. The number of piperidine rings is 2. The Kier molecular flexibility index (Phi) is 4.15. The highest BCUT2D eigenvalue weighted by Gasteiger charge is 2.43. The molecule has 0 aromatic heterocycles. The van der Waals surface area contributed by atoms with Crippen molar-refractivity contribution in [2.24, 2.45) is 0 Å². The Morgan fingerprint density at radius 3 is 1.37 bits per heavy atom. The van der Waals surface area contributed by atoms with E-state index in [1.165, 1.54) is 38.5 Å². The maximum atomic E-state index is 12.1. The van der Waals surface area contributed by atoms with Gasteiger partial charge in [-0.1, -0.05) is 12.8 Å². The lowest BCUT2D eigenvalue weighted by Crippen LogP contribution is -2.53. The molecule has 4 nitrogen and oxygen atoms in total. The molecule has 0 aromatic rings. The maximum Gasteiger partial charge on any atom is 0.153 e. The highest BCUT2D eigenvalue weighted by atomic mass is 32.2. The molecule has 3 rings (SSSR count). The van der Waals surface area contributed by atoms with Gasteiger partial charge in [0.2, 0.25) is 0 Å². The molecule has 19 heavy (non-hydrogen) atoms. The summed E-state index contributed by atoms with van der Waals surface area (Å²) in [6.07, 6.45) is 7.58. The van der Waals surface area contributed by atoms with Crippen LogP contribution in [0.5, 0.6) is 0 Å². The molecule has 110 valence electrons. The van der Waals surface area contributed by atoms with Crippen molar-refractivity contribution >= 4 is 9.84 Å². The monoisotopic (exact) mass is 286 g/mol. The minimum absolute atomic E-state index is 0.267. The Labute approximate surface area is 117 Å². The molecule has 0 unspecified atom stereocenters.